The normalized spacial score (nSPS) is 20.0. The van der Waals surface area contributed by atoms with Gasteiger partial charge in [0, 0.05) is 13.0 Å². The van der Waals surface area contributed by atoms with Crippen LogP contribution >= 0.6 is 0 Å². The molecule has 0 aliphatic carbocycles. The van der Waals surface area contributed by atoms with Gasteiger partial charge in [0.2, 0.25) is 0 Å². The number of aliphatic hydroxyl groups is 4. The average molecular weight is 927 g/mol. The molecule has 0 radical (unpaired) electrons. The maximum atomic E-state index is 12.9. The summed E-state index contributed by atoms with van der Waals surface area (Å²) >= 11 is 0. The molecule has 0 aromatic heterocycles. The molecule has 9 nitrogen and oxygen atoms in total. The van der Waals surface area contributed by atoms with Gasteiger partial charge < -0.3 is 39.4 Å². The molecular weight excluding hydrogens is 829 g/mol. The lowest BCUT2D eigenvalue weighted by Gasteiger charge is -2.39. The Labute approximate surface area is 403 Å². The molecule has 1 aliphatic heterocycles. The highest BCUT2D eigenvalue weighted by molar-refractivity contribution is 5.69. The third-order valence-corrected chi connectivity index (χ3v) is 11.8. The Kier molecular flexibility index (Phi) is 44.1. The second-order valence-corrected chi connectivity index (χ2v) is 17.9. The van der Waals surface area contributed by atoms with Crippen LogP contribution in [-0.4, -0.2) is 89.6 Å². The molecular formula is C57H98O9. The first-order chi connectivity index (χ1) is 32.4. The number of carbonyl (C=O) groups is 1. The van der Waals surface area contributed by atoms with E-state index in [1.165, 1.54) is 96.3 Å². The minimum atomic E-state index is -1.55. The molecule has 6 atom stereocenters. The van der Waals surface area contributed by atoms with E-state index in [4.69, 9.17) is 18.9 Å². The van der Waals surface area contributed by atoms with Crippen molar-refractivity contribution in [2.24, 2.45) is 0 Å². The molecule has 66 heavy (non-hydrogen) atoms. The molecule has 6 unspecified atom stereocenters. The fraction of sp³-hybridized carbons (Fsp3) is 0.737. The molecule has 0 bridgehead atoms. The second-order valence-electron chi connectivity index (χ2n) is 17.9. The number of carbonyl (C=O) groups excluding carboxylic acids is 1. The van der Waals surface area contributed by atoms with Gasteiger partial charge in [0.05, 0.1) is 19.8 Å². The summed E-state index contributed by atoms with van der Waals surface area (Å²) in [6, 6.07) is 0. The smallest absolute Gasteiger partial charge is 0.306 e. The Hall–Kier alpha value is -2.63. The van der Waals surface area contributed by atoms with Gasteiger partial charge in [0.1, 0.15) is 30.5 Å². The van der Waals surface area contributed by atoms with Crippen molar-refractivity contribution in [1.82, 2.24) is 0 Å². The largest absolute Gasteiger partial charge is 0.457 e. The lowest BCUT2D eigenvalue weighted by atomic mass is 9.99. The van der Waals surface area contributed by atoms with E-state index in [1.807, 2.05) is 0 Å². The lowest BCUT2D eigenvalue weighted by molar-refractivity contribution is -0.305. The van der Waals surface area contributed by atoms with Crippen LogP contribution in [0.4, 0.5) is 0 Å². The zero-order chi connectivity index (χ0) is 47.8. The molecule has 1 aliphatic rings. The Bertz CT molecular complexity index is 1280. The number of esters is 1. The summed E-state index contributed by atoms with van der Waals surface area (Å²) in [4.78, 5) is 12.9. The van der Waals surface area contributed by atoms with Gasteiger partial charge in [0.25, 0.3) is 0 Å². The number of ether oxygens (including phenoxy) is 4. The topological polar surface area (TPSA) is 135 Å². The van der Waals surface area contributed by atoms with Crippen LogP contribution in [0.2, 0.25) is 0 Å². The van der Waals surface area contributed by atoms with Gasteiger partial charge >= 0.3 is 5.97 Å². The SMILES string of the molecule is CC/C=C\C/C=C\C/C=C\C/C=C\CCCCCCCCCOCC(COC1OC(CO)C(O)C(O)C1O)OC(=O)CCCCCCCCCC/C=C\C/C=C\C/C=C\CCCCCCC. The lowest BCUT2D eigenvalue weighted by Crippen LogP contribution is -2.59. The van der Waals surface area contributed by atoms with Crippen LogP contribution in [0.25, 0.3) is 0 Å². The molecule has 0 amide bonds. The zero-order valence-corrected chi connectivity index (χ0v) is 41.9. The van der Waals surface area contributed by atoms with E-state index in [0.29, 0.717) is 13.0 Å². The van der Waals surface area contributed by atoms with E-state index in [0.717, 1.165) is 89.9 Å². The third-order valence-electron chi connectivity index (χ3n) is 11.8. The summed E-state index contributed by atoms with van der Waals surface area (Å²) < 4.78 is 22.9. The molecule has 1 rings (SSSR count). The molecule has 1 fully saturated rings. The summed E-state index contributed by atoms with van der Waals surface area (Å²) in [5.74, 6) is -0.327. The van der Waals surface area contributed by atoms with E-state index >= 15 is 0 Å². The van der Waals surface area contributed by atoms with Gasteiger partial charge in [-0.1, -0.05) is 195 Å². The summed E-state index contributed by atoms with van der Waals surface area (Å²) in [5, 5.41) is 40.3. The highest BCUT2D eigenvalue weighted by atomic mass is 16.7. The average Bonchev–Trinajstić information content (AvgIpc) is 3.32. The fourth-order valence-electron chi connectivity index (χ4n) is 7.67. The molecule has 1 saturated heterocycles. The number of aliphatic hydroxyl groups excluding tert-OH is 4. The fourth-order valence-corrected chi connectivity index (χ4v) is 7.67. The van der Waals surface area contributed by atoms with Crippen molar-refractivity contribution in [3.63, 3.8) is 0 Å². The van der Waals surface area contributed by atoms with E-state index in [1.54, 1.807) is 0 Å². The van der Waals surface area contributed by atoms with Crippen LogP contribution in [0.5, 0.6) is 0 Å². The summed E-state index contributed by atoms with van der Waals surface area (Å²) in [6.45, 7) is 4.40. The minimum Gasteiger partial charge on any atom is -0.457 e. The number of hydrogen-bond donors (Lipinski definition) is 4. The molecule has 380 valence electrons. The van der Waals surface area contributed by atoms with Crippen molar-refractivity contribution in [2.45, 2.75) is 243 Å². The summed E-state index contributed by atoms with van der Waals surface area (Å²) in [7, 11) is 0. The Morgan fingerprint density at radius 1 is 0.500 bits per heavy atom. The van der Waals surface area contributed by atoms with Crippen LogP contribution in [0.15, 0.2) is 85.1 Å². The Morgan fingerprint density at radius 3 is 1.39 bits per heavy atom. The van der Waals surface area contributed by atoms with Gasteiger partial charge in [-0.2, -0.15) is 0 Å². The van der Waals surface area contributed by atoms with Crippen molar-refractivity contribution in [3.05, 3.63) is 85.1 Å². The number of unbranched alkanes of at least 4 members (excludes halogenated alkanes) is 20. The van der Waals surface area contributed by atoms with Crippen LogP contribution in [0.3, 0.4) is 0 Å². The first kappa shape index (κ1) is 61.4. The minimum absolute atomic E-state index is 0.126. The standard InChI is InChI=1S/C57H98O9/c1-3-5-7-9-11-13-15-17-19-21-23-25-26-27-28-30-32-34-36-38-40-42-44-46-53(59)65-51(50-64-57-56(62)55(61)54(60)52(48-58)66-57)49-63-47-45-43-41-39-37-35-33-31-29-24-22-20-18-16-14-12-10-8-6-4-2/h6,8,12,14-15,17-18,20-21,23-24,26-27,29,51-52,54-58,60-62H,3-5,7,9-11,13,16,19,22,25,28,30-50H2,1-2H3/b8-6-,14-12-,17-15-,20-18-,23-21-,27-26-,29-24-. The van der Waals surface area contributed by atoms with E-state index < -0.39 is 43.4 Å². The van der Waals surface area contributed by atoms with Crippen LogP contribution in [0.1, 0.15) is 206 Å². The maximum Gasteiger partial charge on any atom is 0.306 e. The first-order valence-corrected chi connectivity index (χ1v) is 26.7. The van der Waals surface area contributed by atoms with Crippen molar-refractivity contribution in [2.75, 3.05) is 26.4 Å². The Balaban J connectivity index is 2.22. The van der Waals surface area contributed by atoms with Crippen LogP contribution in [-0.2, 0) is 23.7 Å². The number of hydrogen-bond acceptors (Lipinski definition) is 9. The summed E-state index contributed by atoms with van der Waals surface area (Å²) in [6.07, 6.45) is 57.5. The predicted octanol–water partition coefficient (Wildman–Crippen LogP) is 13.4. The van der Waals surface area contributed by atoms with Crippen molar-refractivity contribution in [1.29, 1.82) is 0 Å². The highest BCUT2D eigenvalue weighted by Crippen LogP contribution is 2.23. The van der Waals surface area contributed by atoms with Crippen molar-refractivity contribution >= 4 is 5.97 Å². The Morgan fingerprint density at radius 2 is 0.924 bits per heavy atom. The molecule has 1 heterocycles. The molecule has 9 heteroatoms. The molecule has 0 saturated carbocycles. The second kappa shape index (κ2) is 47.4. The van der Waals surface area contributed by atoms with Gasteiger partial charge in [-0.3, -0.25) is 4.79 Å². The van der Waals surface area contributed by atoms with Crippen molar-refractivity contribution in [3.8, 4) is 0 Å². The number of allylic oxidation sites excluding steroid dienone is 14. The quantitative estimate of drug-likeness (QED) is 0.0267. The van der Waals surface area contributed by atoms with Crippen molar-refractivity contribution < 1.29 is 44.2 Å². The highest BCUT2D eigenvalue weighted by Gasteiger charge is 2.44. The molecule has 4 N–H and O–H groups in total. The van der Waals surface area contributed by atoms with Gasteiger partial charge in [-0.15, -0.1) is 0 Å². The zero-order valence-electron chi connectivity index (χ0n) is 41.9. The van der Waals surface area contributed by atoms with E-state index in [9.17, 15) is 25.2 Å². The van der Waals surface area contributed by atoms with Gasteiger partial charge in [-0.05, 0) is 89.9 Å². The molecule has 0 aromatic carbocycles. The van der Waals surface area contributed by atoms with Crippen LogP contribution in [0, 0.1) is 0 Å². The van der Waals surface area contributed by atoms with Gasteiger partial charge in [-0.25, -0.2) is 0 Å². The molecule has 0 spiro atoms. The monoisotopic (exact) mass is 927 g/mol. The maximum absolute atomic E-state index is 12.9. The molecule has 0 aromatic rings. The predicted molar refractivity (Wildman–Crippen MR) is 274 cm³/mol. The van der Waals surface area contributed by atoms with Gasteiger partial charge in [0.15, 0.2) is 6.29 Å². The van der Waals surface area contributed by atoms with Crippen LogP contribution < -0.4 is 0 Å². The number of rotatable bonds is 45. The summed E-state index contributed by atoms with van der Waals surface area (Å²) in [5.41, 5.74) is 0. The third kappa shape index (κ3) is 37.4. The van der Waals surface area contributed by atoms with E-state index in [-0.39, 0.29) is 19.2 Å². The van der Waals surface area contributed by atoms with E-state index in [2.05, 4.69) is 98.9 Å². The first-order valence-electron chi connectivity index (χ1n) is 26.7.